The molecule has 0 aromatic carbocycles. The maximum Gasteiger partial charge on any atom is 0.221 e. The van der Waals surface area contributed by atoms with Crippen molar-refractivity contribution < 1.29 is 9.90 Å². The summed E-state index contributed by atoms with van der Waals surface area (Å²) in [5, 5.41) is 11.9. The van der Waals surface area contributed by atoms with Crippen LogP contribution in [-0.2, 0) is 4.79 Å². The monoisotopic (exact) mass is 237 g/mol. The van der Waals surface area contributed by atoms with Gasteiger partial charge < -0.3 is 15.3 Å². The van der Waals surface area contributed by atoms with Crippen LogP contribution in [0.25, 0.3) is 0 Å². The van der Waals surface area contributed by atoms with Gasteiger partial charge in [0.15, 0.2) is 0 Å². The Morgan fingerprint density at radius 2 is 2.29 bits per heavy atom. The topological polar surface area (TPSA) is 65.5 Å². The molecule has 17 heavy (non-hydrogen) atoms. The number of amides is 1. The Balaban J connectivity index is 2.57. The van der Waals surface area contributed by atoms with Crippen molar-refractivity contribution in [2.24, 2.45) is 0 Å². The van der Waals surface area contributed by atoms with Gasteiger partial charge in [0.25, 0.3) is 0 Å². The number of aliphatic hydroxyl groups is 1. The zero-order chi connectivity index (χ0) is 12.8. The summed E-state index contributed by atoms with van der Waals surface area (Å²) < 4.78 is 0. The molecule has 1 amide bonds. The van der Waals surface area contributed by atoms with Gasteiger partial charge in [-0.25, -0.2) is 0 Å². The molecule has 1 rings (SSSR count). The molecule has 0 fully saturated rings. The molecule has 94 valence electrons. The number of rotatable bonds is 5. The van der Waals surface area contributed by atoms with Crippen LogP contribution in [0, 0.1) is 0 Å². The van der Waals surface area contributed by atoms with Crippen molar-refractivity contribution >= 4 is 11.6 Å². The van der Waals surface area contributed by atoms with Gasteiger partial charge in [0.05, 0.1) is 23.7 Å². The second-order valence-electron chi connectivity index (χ2n) is 3.96. The number of hydrogen-bond donors (Lipinski definition) is 2. The molecule has 5 heteroatoms. The van der Waals surface area contributed by atoms with E-state index in [4.69, 9.17) is 0 Å². The number of pyridine rings is 1. The second-order valence-corrected chi connectivity index (χ2v) is 3.96. The summed E-state index contributed by atoms with van der Waals surface area (Å²) in [6.07, 6.45) is 1.59. The lowest BCUT2D eigenvalue weighted by Crippen LogP contribution is -2.26. The molecule has 0 bridgehead atoms. The van der Waals surface area contributed by atoms with E-state index in [9.17, 15) is 9.90 Å². The van der Waals surface area contributed by atoms with Crippen molar-refractivity contribution in [3.05, 3.63) is 24.0 Å². The Morgan fingerprint density at radius 1 is 1.59 bits per heavy atom. The van der Waals surface area contributed by atoms with Crippen molar-refractivity contribution in [2.45, 2.75) is 19.4 Å². The summed E-state index contributed by atoms with van der Waals surface area (Å²) in [6.45, 7) is 2.31. The van der Waals surface area contributed by atoms with Gasteiger partial charge in [-0.1, -0.05) is 0 Å². The molecule has 1 aromatic rings. The Labute approximate surface area is 101 Å². The largest absolute Gasteiger partial charge is 0.387 e. The first-order chi connectivity index (χ1) is 8.04. The van der Waals surface area contributed by atoms with Crippen molar-refractivity contribution in [1.82, 2.24) is 10.3 Å². The lowest BCUT2D eigenvalue weighted by atomic mass is 10.2. The smallest absolute Gasteiger partial charge is 0.221 e. The average Bonchev–Trinajstić information content (AvgIpc) is 2.35. The highest BCUT2D eigenvalue weighted by Gasteiger charge is 2.06. The van der Waals surface area contributed by atoms with Crippen LogP contribution < -0.4 is 10.2 Å². The average molecular weight is 237 g/mol. The highest BCUT2D eigenvalue weighted by Crippen LogP contribution is 2.15. The van der Waals surface area contributed by atoms with Gasteiger partial charge >= 0.3 is 0 Å². The Morgan fingerprint density at radius 3 is 2.76 bits per heavy atom. The molecule has 1 heterocycles. The minimum atomic E-state index is -0.555. The molecule has 0 saturated carbocycles. The fraction of sp³-hybridized carbons (Fsp3) is 0.500. The van der Waals surface area contributed by atoms with E-state index >= 15 is 0 Å². The predicted molar refractivity (Wildman–Crippen MR) is 66.8 cm³/mol. The molecule has 1 unspecified atom stereocenters. The number of nitrogens with zero attached hydrogens (tertiary/aromatic N) is 2. The van der Waals surface area contributed by atoms with Gasteiger partial charge in [0, 0.05) is 27.1 Å². The van der Waals surface area contributed by atoms with Crippen LogP contribution in [0.5, 0.6) is 0 Å². The Bertz CT molecular complexity index is 363. The third-order valence-electron chi connectivity index (χ3n) is 2.59. The Kier molecular flexibility index (Phi) is 4.90. The van der Waals surface area contributed by atoms with Gasteiger partial charge in [0.2, 0.25) is 5.91 Å². The molecule has 0 aliphatic rings. The zero-order valence-electron chi connectivity index (χ0n) is 10.5. The number of aliphatic hydroxyl groups excluding tert-OH is 1. The van der Waals surface area contributed by atoms with Crippen LogP contribution in [0.15, 0.2) is 18.3 Å². The number of hydrogen-bond acceptors (Lipinski definition) is 4. The van der Waals surface area contributed by atoms with Crippen LogP contribution in [-0.4, -0.2) is 36.6 Å². The van der Waals surface area contributed by atoms with Gasteiger partial charge in [-0.2, -0.15) is 0 Å². The number of anilines is 1. The summed E-state index contributed by atoms with van der Waals surface area (Å²) in [7, 11) is 3.53. The van der Waals surface area contributed by atoms with Gasteiger partial charge in [-0.05, 0) is 19.1 Å². The molecule has 0 saturated heterocycles. The van der Waals surface area contributed by atoms with Crippen LogP contribution in [0.1, 0.15) is 25.1 Å². The molecule has 1 atom stereocenters. The van der Waals surface area contributed by atoms with Crippen LogP contribution >= 0.6 is 0 Å². The molecule has 0 spiro atoms. The van der Waals surface area contributed by atoms with E-state index in [0.717, 1.165) is 5.69 Å². The van der Waals surface area contributed by atoms with Crippen molar-refractivity contribution in [3.8, 4) is 0 Å². The lowest BCUT2D eigenvalue weighted by Gasteiger charge is -2.18. The highest BCUT2D eigenvalue weighted by atomic mass is 16.3. The van der Waals surface area contributed by atoms with E-state index in [1.165, 1.54) is 0 Å². The number of carbonyl (C=O) groups excluding carboxylic acids is 1. The van der Waals surface area contributed by atoms with Crippen LogP contribution in [0.2, 0.25) is 0 Å². The first-order valence-electron chi connectivity index (χ1n) is 5.60. The van der Waals surface area contributed by atoms with E-state index in [2.05, 4.69) is 10.3 Å². The maximum atomic E-state index is 11.1. The summed E-state index contributed by atoms with van der Waals surface area (Å²) in [5.41, 5.74) is 1.58. The molecule has 0 radical (unpaired) electrons. The standard InChI is InChI=1S/C12H19N3O2/c1-9(16)11-5-4-10(8-14-11)15(3)7-6-12(17)13-2/h4-5,8-9,16H,6-7H2,1-3H3,(H,13,17). The van der Waals surface area contributed by atoms with Crippen LogP contribution in [0.4, 0.5) is 5.69 Å². The molecule has 2 N–H and O–H groups in total. The highest BCUT2D eigenvalue weighted by molar-refractivity contribution is 5.76. The fourth-order valence-electron chi connectivity index (χ4n) is 1.39. The third-order valence-corrected chi connectivity index (χ3v) is 2.59. The normalized spacial score (nSPS) is 12.0. The minimum Gasteiger partial charge on any atom is -0.387 e. The second kappa shape index (κ2) is 6.20. The first-order valence-corrected chi connectivity index (χ1v) is 5.60. The SMILES string of the molecule is CNC(=O)CCN(C)c1ccc(C(C)O)nc1. The summed E-state index contributed by atoms with van der Waals surface area (Å²) in [5.74, 6) is 0.0189. The Hall–Kier alpha value is -1.62. The van der Waals surface area contributed by atoms with Gasteiger partial charge in [-0.3, -0.25) is 9.78 Å². The number of nitrogens with one attached hydrogen (secondary N) is 1. The summed E-state index contributed by atoms with van der Waals surface area (Å²) in [6, 6.07) is 3.68. The molecule has 0 aliphatic heterocycles. The molecule has 1 aromatic heterocycles. The lowest BCUT2D eigenvalue weighted by molar-refractivity contribution is -0.120. The zero-order valence-corrected chi connectivity index (χ0v) is 10.5. The molecular weight excluding hydrogens is 218 g/mol. The fourth-order valence-corrected chi connectivity index (χ4v) is 1.39. The minimum absolute atomic E-state index is 0.0189. The third kappa shape index (κ3) is 4.03. The van der Waals surface area contributed by atoms with E-state index in [-0.39, 0.29) is 5.91 Å². The number of carbonyl (C=O) groups is 1. The van der Waals surface area contributed by atoms with Crippen molar-refractivity contribution in [2.75, 3.05) is 25.5 Å². The predicted octanol–water partition coefficient (Wildman–Crippen LogP) is 0.707. The maximum absolute atomic E-state index is 11.1. The van der Waals surface area contributed by atoms with E-state index in [1.54, 1.807) is 26.2 Å². The van der Waals surface area contributed by atoms with Crippen LogP contribution in [0.3, 0.4) is 0 Å². The molecule has 0 aliphatic carbocycles. The summed E-state index contributed by atoms with van der Waals surface area (Å²) >= 11 is 0. The molecular formula is C12H19N3O2. The number of aromatic nitrogens is 1. The van der Waals surface area contributed by atoms with E-state index in [0.29, 0.717) is 18.7 Å². The van der Waals surface area contributed by atoms with Gasteiger partial charge in [0.1, 0.15) is 0 Å². The molecule has 5 nitrogen and oxygen atoms in total. The van der Waals surface area contributed by atoms with E-state index in [1.807, 2.05) is 18.0 Å². The quantitative estimate of drug-likeness (QED) is 0.791. The van der Waals surface area contributed by atoms with Crippen molar-refractivity contribution in [1.29, 1.82) is 0 Å². The first kappa shape index (κ1) is 13.4. The van der Waals surface area contributed by atoms with Gasteiger partial charge in [-0.15, -0.1) is 0 Å². The van der Waals surface area contributed by atoms with Crippen molar-refractivity contribution in [3.63, 3.8) is 0 Å². The summed E-state index contributed by atoms with van der Waals surface area (Å²) in [4.78, 5) is 17.2. The van der Waals surface area contributed by atoms with E-state index < -0.39 is 6.10 Å².